The zero-order valence-electron chi connectivity index (χ0n) is 12.7. The van der Waals surface area contributed by atoms with Gasteiger partial charge in [0.15, 0.2) is 5.13 Å². The maximum Gasteiger partial charge on any atom is 0.223 e. The fraction of sp³-hybridized carbons (Fsp3) is 0.467. The lowest BCUT2D eigenvalue weighted by Crippen LogP contribution is -2.35. The quantitative estimate of drug-likeness (QED) is 0.942. The monoisotopic (exact) mass is 317 g/mol. The molecule has 0 aliphatic carbocycles. The van der Waals surface area contributed by atoms with Crippen molar-refractivity contribution >= 4 is 28.2 Å². The summed E-state index contributed by atoms with van der Waals surface area (Å²) in [6, 6.07) is 1.96. The third kappa shape index (κ3) is 3.41. The zero-order valence-corrected chi connectivity index (χ0v) is 13.6. The molecule has 7 heteroatoms. The van der Waals surface area contributed by atoms with E-state index in [1.54, 1.807) is 6.20 Å². The number of aryl methyl sites for hydroxylation is 1. The van der Waals surface area contributed by atoms with Crippen molar-refractivity contribution in [3.05, 3.63) is 29.2 Å². The Hall–Kier alpha value is -2.02. The first-order valence-corrected chi connectivity index (χ1v) is 8.27. The molecule has 1 aliphatic rings. The van der Waals surface area contributed by atoms with E-state index in [2.05, 4.69) is 25.2 Å². The summed E-state index contributed by atoms with van der Waals surface area (Å²) in [4.78, 5) is 26.6. The van der Waals surface area contributed by atoms with Crippen LogP contribution < -0.4 is 10.2 Å². The number of hydrogen-bond donors (Lipinski definition) is 1. The standard InChI is InChI=1S/C15H19N5OS/c1-10-16-6-5-14(17-10)20-7-3-4-12(8-20)13-9-22-15(19-13)18-11(2)21/h5-6,9,12H,3-4,7-8H2,1-2H3,(H,18,19,21)/t12-/m1/s1. The average molecular weight is 317 g/mol. The van der Waals surface area contributed by atoms with Crippen LogP contribution in [0, 0.1) is 6.92 Å². The number of hydrogen-bond acceptors (Lipinski definition) is 6. The largest absolute Gasteiger partial charge is 0.356 e. The summed E-state index contributed by atoms with van der Waals surface area (Å²) in [5.74, 6) is 2.07. The Labute approximate surface area is 133 Å². The molecule has 1 fully saturated rings. The molecule has 2 aromatic heterocycles. The third-order valence-electron chi connectivity index (χ3n) is 3.73. The Morgan fingerprint density at radius 3 is 3.09 bits per heavy atom. The molecular formula is C15H19N5OS. The highest BCUT2D eigenvalue weighted by atomic mass is 32.1. The van der Waals surface area contributed by atoms with Crippen molar-refractivity contribution in [3.63, 3.8) is 0 Å². The van der Waals surface area contributed by atoms with Gasteiger partial charge in [0.05, 0.1) is 5.69 Å². The molecule has 1 N–H and O–H groups in total. The van der Waals surface area contributed by atoms with Crippen LogP contribution in [0.3, 0.4) is 0 Å². The van der Waals surface area contributed by atoms with Gasteiger partial charge in [-0.05, 0) is 25.8 Å². The summed E-state index contributed by atoms with van der Waals surface area (Å²) >= 11 is 1.48. The number of anilines is 2. The molecule has 3 heterocycles. The van der Waals surface area contributed by atoms with Crippen LogP contribution in [0.2, 0.25) is 0 Å². The van der Waals surface area contributed by atoms with E-state index in [1.807, 2.05) is 18.4 Å². The van der Waals surface area contributed by atoms with Gasteiger partial charge in [-0.2, -0.15) is 0 Å². The number of aromatic nitrogens is 3. The molecule has 0 unspecified atom stereocenters. The van der Waals surface area contributed by atoms with Crippen LogP contribution in [0.4, 0.5) is 10.9 Å². The van der Waals surface area contributed by atoms with Crippen molar-refractivity contribution in [1.29, 1.82) is 0 Å². The van der Waals surface area contributed by atoms with E-state index >= 15 is 0 Å². The van der Waals surface area contributed by atoms with Crippen LogP contribution in [0.25, 0.3) is 0 Å². The van der Waals surface area contributed by atoms with Crippen LogP contribution in [-0.4, -0.2) is 33.9 Å². The van der Waals surface area contributed by atoms with E-state index < -0.39 is 0 Å². The minimum atomic E-state index is -0.0809. The van der Waals surface area contributed by atoms with Gasteiger partial charge in [0.2, 0.25) is 5.91 Å². The molecule has 1 atom stereocenters. The predicted octanol–water partition coefficient (Wildman–Crippen LogP) is 2.58. The van der Waals surface area contributed by atoms with Crippen LogP contribution in [0.15, 0.2) is 17.6 Å². The lowest BCUT2D eigenvalue weighted by Gasteiger charge is -2.32. The summed E-state index contributed by atoms with van der Waals surface area (Å²) < 4.78 is 0. The van der Waals surface area contributed by atoms with E-state index in [4.69, 9.17) is 0 Å². The molecule has 0 saturated carbocycles. The molecule has 116 valence electrons. The topological polar surface area (TPSA) is 71.0 Å². The number of amides is 1. The van der Waals surface area contributed by atoms with Crippen molar-refractivity contribution in [2.24, 2.45) is 0 Å². The van der Waals surface area contributed by atoms with E-state index in [0.29, 0.717) is 11.0 Å². The van der Waals surface area contributed by atoms with Gasteiger partial charge in [-0.1, -0.05) is 0 Å². The number of piperidine rings is 1. The van der Waals surface area contributed by atoms with Crippen LogP contribution in [0.5, 0.6) is 0 Å². The van der Waals surface area contributed by atoms with E-state index in [0.717, 1.165) is 43.3 Å². The summed E-state index contributed by atoms with van der Waals surface area (Å²) in [6.45, 7) is 5.32. The van der Waals surface area contributed by atoms with Gasteiger partial charge < -0.3 is 10.2 Å². The second kappa shape index (κ2) is 6.39. The number of rotatable bonds is 3. The molecule has 3 rings (SSSR count). The first-order chi connectivity index (χ1) is 10.6. The Morgan fingerprint density at radius 2 is 2.32 bits per heavy atom. The van der Waals surface area contributed by atoms with Crippen molar-refractivity contribution < 1.29 is 4.79 Å². The molecule has 0 radical (unpaired) electrons. The van der Waals surface area contributed by atoms with Crippen molar-refractivity contribution in [3.8, 4) is 0 Å². The highest BCUT2D eigenvalue weighted by Gasteiger charge is 2.24. The second-order valence-electron chi connectivity index (χ2n) is 5.51. The van der Waals surface area contributed by atoms with Crippen LogP contribution in [0.1, 0.15) is 37.2 Å². The summed E-state index contributed by atoms with van der Waals surface area (Å²) in [7, 11) is 0. The van der Waals surface area contributed by atoms with E-state index in [9.17, 15) is 4.79 Å². The van der Waals surface area contributed by atoms with Gasteiger partial charge in [-0.3, -0.25) is 4.79 Å². The van der Waals surface area contributed by atoms with E-state index in [1.165, 1.54) is 18.3 Å². The Bertz CT molecular complexity index is 671. The van der Waals surface area contributed by atoms with Gasteiger partial charge in [0.1, 0.15) is 11.6 Å². The highest BCUT2D eigenvalue weighted by molar-refractivity contribution is 7.13. The van der Waals surface area contributed by atoms with Gasteiger partial charge in [-0.15, -0.1) is 11.3 Å². The number of carbonyl (C=O) groups excluding carboxylic acids is 1. The Kier molecular flexibility index (Phi) is 4.33. The average Bonchev–Trinajstić information content (AvgIpc) is 2.95. The molecule has 0 bridgehead atoms. The lowest BCUT2D eigenvalue weighted by atomic mass is 9.95. The Morgan fingerprint density at radius 1 is 1.45 bits per heavy atom. The van der Waals surface area contributed by atoms with Gasteiger partial charge in [-0.25, -0.2) is 15.0 Å². The van der Waals surface area contributed by atoms with Crippen molar-refractivity contribution in [2.75, 3.05) is 23.3 Å². The minimum absolute atomic E-state index is 0.0809. The number of nitrogens with one attached hydrogen (secondary N) is 1. The molecular weight excluding hydrogens is 298 g/mol. The fourth-order valence-corrected chi connectivity index (χ4v) is 3.57. The van der Waals surface area contributed by atoms with Crippen molar-refractivity contribution in [1.82, 2.24) is 15.0 Å². The second-order valence-corrected chi connectivity index (χ2v) is 6.36. The fourth-order valence-electron chi connectivity index (χ4n) is 2.73. The molecule has 1 saturated heterocycles. The molecule has 0 aromatic carbocycles. The maximum absolute atomic E-state index is 11.1. The van der Waals surface area contributed by atoms with Gasteiger partial charge in [0.25, 0.3) is 0 Å². The number of thiazole rings is 1. The Balaban J connectivity index is 1.72. The molecule has 2 aromatic rings. The summed E-state index contributed by atoms with van der Waals surface area (Å²) in [6.07, 6.45) is 4.03. The van der Waals surface area contributed by atoms with Gasteiger partial charge >= 0.3 is 0 Å². The third-order valence-corrected chi connectivity index (χ3v) is 4.51. The summed E-state index contributed by atoms with van der Waals surface area (Å²) in [5, 5.41) is 5.47. The summed E-state index contributed by atoms with van der Waals surface area (Å²) in [5.41, 5.74) is 1.06. The predicted molar refractivity (Wildman–Crippen MR) is 87.4 cm³/mol. The van der Waals surface area contributed by atoms with Crippen LogP contribution in [-0.2, 0) is 4.79 Å². The SMILES string of the molecule is CC(=O)Nc1nc([C@@H]2CCCN(c3ccnc(C)n3)C2)cs1. The number of carbonyl (C=O) groups is 1. The normalized spacial score (nSPS) is 18.3. The molecule has 1 aliphatic heterocycles. The smallest absolute Gasteiger partial charge is 0.223 e. The van der Waals surface area contributed by atoms with Crippen molar-refractivity contribution in [2.45, 2.75) is 32.6 Å². The molecule has 22 heavy (non-hydrogen) atoms. The first kappa shape index (κ1) is 14.9. The highest BCUT2D eigenvalue weighted by Crippen LogP contribution is 2.31. The van der Waals surface area contributed by atoms with Gasteiger partial charge in [0, 0.05) is 37.5 Å². The molecule has 1 amide bonds. The lowest BCUT2D eigenvalue weighted by molar-refractivity contribution is -0.114. The first-order valence-electron chi connectivity index (χ1n) is 7.39. The van der Waals surface area contributed by atoms with Crippen LogP contribution >= 0.6 is 11.3 Å². The molecule has 0 spiro atoms. The zero-order chi connectivity index (χ0) is 15.5. The maximum atomic E-state index is 11.1. The molecule has 6 nitrogen and oxygen atoms in total. The minimum Gasteiger partial charge on any atom is -0.356 e. The number of nitrogens with zero attached hydrogens (tertiary/aromatic N) is 4. The van der Waals surface area contributed by atoms with E-state index in [-0.39, 0.29) is 5.91 Å².